The molecule has 0 atom stereocenters. The maximum atomic E-state index is 9.55. The van der Waals surface area contributed by atoms with E-state index in [0.29, 0.717) is 44.6 Å². The second-order valence-electron chi connectivity index (χ2n) is 14.2. The molecule has 0 saturated carbocycles. The molecule has 3 aromatic heterocycles. The maximum Gasteiger partial charge on any atom is 0.164 e. The fraction of sp³-hybridized carbons (Fsp3) is 0. The van der Waals surface area contributed by atoms with E-state index >= 15 is 0 Å². The second-order valence-corrected chi connectivity index (χ2v) is 15.2. The van der Waals surface area contributed by atoms with Crippen molar-refractivity contribution in [2.24, 2.45) is 0 Å². The number of hydrogen-bond donors (Lipinski definition) is 0. The largest absolute Gasteiger partial charge is 0.309 e. The summed E-state index contributed by atoms with van der Waals surface area (Å²) in [6, 6.07) is 48.5. The first kappa shape index (κ1) is 26.4. The number of hydrogen-bond acceptors (Lipinski definition) is 4. The van der Waals surface area contributed by atoms with Crippen molar-refractivity contribution in [1.29, 1.82) is 0 Å². The van der Waals surface area contributed by atoms with E-state index in [-0.39, 0.29) is 51.7 Å². The molecule has 0 aliphatic carbocycles. The first-order valence-corrected chi connectivity index (χ1v) is 19.8. The van der Waals surface area contributed by atoms with Gasteiger partial charge in [-0.25, -0.2) is 15.0 Å². The van der Waals surface area contributed by atoms with Gasteiger partial charge in [-0.15, -0.1) is 11.3 Å². The molecule has 9 aromatic carbocycles. The third-order valence-corrected chi connectivity index (χ3v) is 12.1. The van der Waals surface area contributed by atoms with Crippen LogP contribution in [0.3, 0.4) is 0 Å². The quantitative estimate of drug-likeness (QED) is 0.175. The number of thiophene rings is 1. The Balaban J connectivity index is 1.20. The van der Waals surface area contributed by atoms with Gasteiger partial charge in [0, 0.05) is 58.8 Å². The van der Waals surface area contributed by atoms with Gasteiger partial charge in [-0.05, 0) is 45.8 Å². The van der Waals surface area contributed by atoms with E-state index < -0.39 is 6.04 Å². The van der Waals surface area contributed by atoms with Gasteiger partial charge in [-0.2, -0.15) is 0 Å². The Hall–Kier alpha value is -7.47. The highest BCUT2D eigenvalue weighted by atomic mass is 32.1. The molecule has 0 N–H and O–H groups in total. The fourth-order valence-corrected chi connectivity index (χ4v) is 9.43. The third-order valence-electron chi connectivity index (χ3n) is 11.0. The summed E-state index contributed by atoms with van der Waals surface area (Å²) in [6.45, 7) is 0. The summed E-state index contributed by atoms with van der Waals surface area (Å²) >= 11 is 1.12. The monoisotopic (exact) mass is 763 g/mol. The molecule has 0 bridgehead atoms. The fourth-order valence-electron chi connectivity index (χ4n) is 8.35. The highest BCUT2D eigenvalue weighted by Crippen LogP contribution is 2.44. The topological polar surface area (TPSA) is 43.6 Å². The van der Waals surface area contributed by atoms with Crippen molar-refractivity contribution in [3.05, 3.63) is 194 Å². The van der Waals surface area contributed by atoms with Crippen molar-refractivity contribution in [1.82, 2.24) is 19.5 Å². The Morgan fingerprint density at radius 1 is 0.414 bits per heavy atom. The highest BCUT2D eigenvalue weighted by Gasteiger charge is 2.21. The SMILES string of the molecule is [2H]c1c([2H])c([2H])c2c(sc3c(-c4ccc(-c5nc(-c6cccc7ccccc67)nc(-c6cccc7ccccc67)n5)cc4-n4c5ccccc5c5ccccc54)c([2H])c([2H])c([2H])c32)c1[2H]. The van der Waals surface area contributed by atoms with Crippen molar-refractivity contribution in [3.63, 3.8) is 0 Å². The average Bonchev–Trinajstić information content (AvgIpc) is 3.91. The van der Waals surface area contributed by atoms with Crippen LogP contribution in [0.25, 0.3) is 115 Å². The molecule has 12 aromatic rings. The standard InChI is InChI=1S/C53H32N4S/c1-3-18-36-33(14-1)16-11-25-44(36)52-54-51(55-53(56-52)45-26-12-17-34-15-2-4-19-37(34)45)35-30-31-40(42-23-13-24-43-41-22-7-10-29-49(41)58-50(42)43)48(32-35)57-46-27-8-5-20-38(46)39-21-6-9-28-47(39)57/h1-32H/i7D,10D,13D,22D,23D,24D,29D. The van der Waals surface area contributed by atoms with E-state index in [1.807, 2.05) is 91.0 Å². The predicted molar refractivity (Wildman–Crippen MR) is 244 cm³/mol. The van der Waals surface area contributed by atoms with Gasteiger partial charge in [0.1, 0.15) is 0 Å². The predicted octanol–water partition coefficient (Wildman–Crippen LogP) is 14.3. The van der Waals surface area contributed by atoms with Crippen molar-refractivity contribution in [3.8, 4) is 51.0 Å². The van der Waals surface area contributed by atoms with E-state index in [1.54, 1.807) is 0 Å². The van der Waals surface area contributed by atoms with Crippen LogP contribution >= 0.6 is 11.3 Å². The minimum atomic E-state index is -0.414. The molecule has 0 saturated heterocycles. The van der Waals surface area contributed by atoms with Crippen LogP contribution < -0.4 is 0 Å². The number of fused-ring (bicyclic) bond motifs is 8. The minimum Gasteiger partial charge on any atom is -0.309 e. The Morgan fingerprint density at radius 3 is 1.64 bits per heavy atom. The van der Waals surface area contributed by atoms with E-state index in [0.717, 1.165) is 65.8 Å². The van der Waals surface area contributed by atoms with E-state index in [2.05, 4.69) is 65.2 Å². The van der Waals surface area contributed by atoms with E-state index in [4.69, 9.17) is 23.2 Å². The summed E-state index contributed by atoms with van der Waals surface area (Å²) < 4.78 is 65.5. The summed E-state index contributed by atoms with van der Waals surface area (Å²) in [6.07, 6.45) is 0. The van der Waals surface area contributed by atoms with Crippen molar-refractivity contribution < 1.29 is 9.60 Å². The summed E-state index contributed by atoms with van der Waals surface area (Å²) in [5.74, 6) is 1.42. The van der Waals surface area contributed by atoms with Gasteiger partial charge in [0.25, 0.3) is 0 Å². The molecule has 5 heteroatoms. The van der Waals surface area contributed by atoms with Gasteiger partial charge in [0.05, 0.1) is 26.3 Å². The average molecular weight is 764 g/mol. The molecule has 0 spiro atoms. The summed E-state index contributed by atoms with van der Waals surface area (Å²) in [5, 5.41) is 6.53. The zero-order valence-electron chi connectivity index (χ0n) is 37.6. The molecule has 0 unspecified atom stereocenters. The zero-order valence-corrected chi connectivity index (χ0v) is 31.4. The molecule has 4 nitrogen and oxygen atoms in total. The van der Waals surface area contributed by atoms with Crippen LogP contribution in [0.2, 0.25) is 0 Å². The summed E-state index contributed by atoms with van der Waals surface area (Å²) in [5.41, 5.74) is 5.75. The first-order chi connectivity index (χ1) is 31.7. The molecule has 12 rings (SSSR count). The lowest BCUT2D eigenvalue weighted by Crippen LogP contribution is -2.03. The molecule has 58 heavy (non-hydrogen) atoms. The van der Waals surface area contributed by atoms with Crippen LogP contribution in [0.4, 0.5) is 0 Å². The molecule has 0 amide bonds. The van der Waals surface area contributed by atoms with Crippen LogP contribution in [0.5, 0.6) is 0 Å². The van der Waals surface area contributed by atoms with Crippen LogP contribution in [-0.2, 0) is 0 Å². The Labute approximate surface area is 347 Å². The smallest absolute Gasteiger partial charge is 0.164 e. The molecule has 0 aliphatic heterocycles. The molecular weight excluding hydrogens is 725 g/mol. The van der Waals surface area contributed by atoms with E-state index in [9.17, 15) is 1.37 Å². The Morgan fingerprint density at radius 2 is 0.966 bits per heavy atom. The van der Waals surface area contributed by atoms with E-state index in [1.165, 1.54) is 0 Å². The first-order valence-electron chi connectivity index (χ1n) is 22.5. The number of aromatic nitrogens is 4. The van der Waals surface area contributed by atoms with Crippen molar-refractivity contribution in [2.45, 2.75) is 0 Å². The van der Waals surface area contributed by atoms with Crippen LogP contribution in [0.1, 0.15) is 9.60 Å². The van der Waals surface area contributed by atoms with Gasteiger partial charge in [0.2, 0.25) is 0 Å². The maximum absolute atomic E-state index is 9.55. The molecular formula is C53H32N4S. The second kappa shape index (κ2) is 13.1. The lowest BCUT2D eigenvalue weighted by molar-refractivity contribution is 1.08. The molecule has 0 radical (unpaired) electrons. The van der Waals surface area contributed by atoms with Gasteiger partial charge >= 0.3 is 0 Å². The minimum absolute atomic E-state index is 0.179. The van der Waals surface area contributed by atoms with Crippen LogP contribution in [-0.4, -0.2) is 19.5 Å². The third kappa shape index (κ3) is 5.11. The van der Waals surface area contributed by atoms with Crippen molar-refractivity contribution in [2.75, 3.05) is 0 Å². The number of nitrogens with zero attached hydrogens (tertiary/aromatic N) is 4. The summed E-state index contributed by atoms with van der Waals surface area (Å²) in [7, 11) is 0. The Kier molecular flexibility index (Phi) is 5.94. The molecule has 0 aliphatic rings. The van der Waals surface area contributed by atoms with Gasteiger partial charge in [0.15, 0.2) is 17.5 Å². The molecule has 3 heterocycles. The van der Waals surface area contributed by atoms with Crippen LogP contribution in [0.15, 0.2) is 194 Å². The number of benzene rings is 9. The normalized spacial score (nSPS) is 13.5. The van der Waals surface area contributed by atoms with Crippen molar-refractivity contribution >= 4 is 74.9 Å². The summed E-state index contributed by atoms with van der Waals surface area (Å²) in [4.78, 5) is 15.7. The van der Waals surface area contributed by atoms with Gasteiger partial charge < -0.3 is 4.57 Å². The number of para-hydroxylation sites is 2. The lowest BCUT2D eigenvalue weighted by atomic mass is 9.98. The van der Waals surface area contributed by atoms with Crippen LogP contribution in [0, 0.1) is 0 Å². The molecule has 0 fully saturated rings. The van der Waals surface area contributed by atoms with Gasteiger partial charge in [-0.1, -0.05) is 170 Å². The number of rotatable bonds is 5. The lowest BCUT2D eigenvalue weighted by Gasteiger charge is -2.17. The highest BCUT2D eigenvalue weighted by molar-refractivity contribution is 7.26. The Bertz CT molecular complexity index is 3850. The van der Waals surface area contributed by atoms with Gasteiger partial charge in [-0.3, -0.25) is 0 Å². The molecule has 270 valence electrons. The zero-order chi connectivity index (χ0) is 44.2.